The van der Waals surface area contributed by atoms with Crippen molar-refractivity contribution in [1.29, 1.82) is 0 Å². The molecule has 19 heavy (non-hydrogen) atoms. The number of nitrogens with zero attached hydrogens (tertiary/aromatic N) is 2. The van der Waals surface area contributed by atoms with Crippen LogP contribution in [0.4, 0.5) is 5.69 Å². The first kappa shape index (κ1) is 14.0. The van der Waals surface area contributed by atoms with Gasteiger partial charge in [-0.15, -0.1) is 16.7 Å². The molecule has 0 aliphatic heterocycles. The second-order valence-electron chi connectivity index (χ2n) is 4.09. The van der Waals surface area contributed by atoms with Crippen LogP contribution in [0.1, 0.15) is 34.3 Å². The normalized spacial score (nSPS) is 10.4. The van der Waals surface area contributed by atoms with Gasteiger partial charge in [0.2, 0.25) is 0 Å². The Morgan fingerprint density at radius 1 is 1.47 bits per heavy atom. The number of nitrogens with one attached hydrogen (secondary N) is 1. The molecule has 1 N–H and O–H groups in total. The Balaban J connectivity index is 2.13. The van der Waals surface area contributed by atoms with Crippen LogP contribution in [0.15, 0.2) is 24.3 Å². The summed E-state index contributed by atoms with van der Waals surface area (Å²) < 4.78 is 3.85. The van der Waals surface area contributed by atoms with Gasteiger partial charge in [-0.2, -0.15) is 0 Å². The molecule has 0 fully saturated rings. The number of benzene rings is 1. The van der Waals surface area contributed by atoms with E-state index in [4.69, 9.17) is 11.6 Å². The van der Waals surface area contributed by atoms with Crippen molar-refractivity contribution in [2.75, 3.05) is 5.32 Å². The lowest BCUT2D eigenvalue weighted by Gasteiger charge is -2.05. The van der Waals surface area contributed by atoms with E-state index in [1.165, 1.54) is 0 Å². The molecule has 1 heterocycles. The third kappa shape index (κ3) is 3.52. The Labute approximate surface area is 121 Å². The SMILES string of the molecule is CCCc1nnsc1C(=O)Nc1cccc(CCl)c1. The highest BCUT2D eigenvalue weighted by Gasteiger charge is 2.15. The van der Waals surface area contributed by atoms with Crippen molar-refractivity contribution in [1.82, 2.24) is 9.59 Å². The Morgan fingerprint density at radius 2 is 2.32 bits per heavy atom. The molecule has 0 saturated carbocycles. The maximum Gasteiger partial charge on any atom is 0.269 e. The van der Waals surface area contributed by atoms with Crippen molar-refractivity contribution < 1.29 is 4.79 Å². The lowest BCUT2D eigenvalue weighted by Crippen LogP contribution is -2.12. The largest absolute Gasteiger partial charge is 0.321 e. The van der Waals surface area contributed by atoms with Crippen LogP contribution in [0, 0.1) is 0 Å². The second kappa shape index (κ2) is 6.63. The van der Waals surface area contributed by atoms with Crippen LogP contribution in [0.5, 0.6) is 0 Å². The van der Waals surface area contributed by atoms with Crippen molar-refractivity contribution in [2.45, 2.75) is 25.6 Å². The van der Waals surface area contributed by atoms with Gasteiger partial charge in [-0.1, -0.05) is 30.0 Å². The number of hydrogen-bond donors (Lipinski definition) is 1. The van der Waals surface area contributed by atoms with Gasteiger partial charge in [-0.3, -0.25) is 4.79 Å². The number of carbonyl (C=O) groups is 1. The summed E-state index contributed by atoms with van der Waals surface area (Å²) in [5, 5.41) is 6.84. The summed E-state index contributed by atoms with van der Waals surface area (Å²) in [5.74, 6) is 0.262. The molecule has 0 radical (unpaired) electrons. The number of rotatable bonds is 5. The van der Waals surface area contributed by atoms with E-state index in [1.807, 2.05) is 31.2 Å². The lowest BCUT2D eigenvalue weighted by molar-refractivity contribution is 0.102. The minimum absolute atomic E-state index is 0.162. The Morgan fingerprint density at radius 3 is 3.05 bits per heavy atom. The van der Waals surface area contributed by atoms with E-state index >= 15 is 0 Å². The minimum Gasteiger partial charge on any atom is -0.321 e. The van der Waals surface area contributed by atoms with Crippen LogP contribution in [0.3, 0.4) is 0 Å². The first-order valence-electron chi connectivity index (χ1n) is 6.02. The van der Waals surface area contributed by atoms with Gasteiger partial charge in [0.05, 0.1) is 5.69 Å². The van der Waals surface area contributed by atoms with E-state index < -0.39 is 0 Å². The number of aromatic nitrogens is 2. The molecule has 2 rings (SSSR count). The fourth-order valence-electron chi connectivity index (χ4n) is 1.70. The molecule has 6 heteroatoms. The molecule has 1 amide bonds. The van der Waals surface area contributed by atoms with Crippen molar-refractivity contribution >= 4 is 34.7 Å². The van der Waals surface area contributed by atoms with E-state index in [0.29, 0.717) is 10.8 Å². The van der Waals surface area contributed by atoms with E-state index in [-0.39, 0.29) is 5.91 Å². The number of alkyl halides is 1. The van der Waals surface area contributed by atoms with Crippen molar-refractivity contribution in [3.63, 3.8) is 0 Å². The first-order chi connectivity index (χ1) is 9.24. The average molecular weight is 296 g/mol. The van der Waals surface area contributed by atoms with Crippen molar-refractivity contribution in [3.05, 3.63) is 40.4 Å². The highest BCUT2D eigenvalue weighted by Crippen LogP contribution is 2.17. The van der Waals surface area contributed by atoms with Crippen LogP contribution < -0.4 is 5.32 Å². The minimum atomic E-state index is -0.162. The monoisotopic (exact) mass is 295 g/mol. The van der Waals surface area contributed by atoms with Gasteiger partial charge < -0.3 is 5.32 Å². The molecule has 100 valence electrons. The van der Waals surface area contributed by atoms with E-state index in [2.05, 4.69) is 14.9 Å². The zero-order valence-corrected chi connectivity index (χ0v) is 12.1. The smallest absolute Gasteiger partial charge is 0.269 e. The molecule has 0 unspecified atom stereocenters. The first-order valence-corrected chi connectivity index (χ1v) is 7.33. The zero-order valence-electron chi connectivity index (χ0n) is 10.5. The van der Waals surface area contributed by atoms with Gasteiger partial charge >= 0.3 is 0 Å². The van der Waals surface area contributed by atoms with Crippen molar-refractivity contribution in [3.8, 4) is 0 Å². The van der Waals surface area contributed by atoms with Gasteiger partial charge in [0.15, 0.2) is 0 Å². The molecular weight excluding hydrogens is 282 g/mol. The van der Waals surface area contributed by atoms with Gasteiger partial charge in [0, 0.05) is 11.6 Å². The quantitative estimate of drug-likeness (QED) is 0.859. The lowest BCUT2D eigenvalue weighted by atomic mass is 10.2. The van der Waals surface area contributed by atoms with Crippen LogP contribution in [0.2, 0.25) is 0 Å². The van der Waals surface area contributed by atoms with Gasteiger partial charge in [-0.25, -0.2) is 0 Å². The summed E-state index contributed by atoms with van der Waals surface area (Å²) >= 11 is 6.90. The number of amides is 1. The molecular formula is C13H14ClN3OS. The molecule has 0 bridgehead atoms. The van der Waals surface area contributed by atoms with Crippen LogP contribution >= 0.6 is 23.1 Å². The predicted molar refractivity (Wildman–Crippen MR) is 77.9 cm³/mol. The molecule has 0 atom stereocenters. The highest BCUT2D eigenvalue weighted by atomic mass is 35.5. The molecule has 1 aromatic heterocycles. The fourth-order valence-corrected chi connectivity index (χ4v) is 2.47. The maximum absolute atomic E-state index is 12.2. The van der Waals surface area contributed by atoms with Crippen molar-refractivity contribution in [2.24, 2.45) is 0 Å². The predicted octanol–water partition coefficient (Wildman–Crippen LogP) is 3.48. The molecule has 1 aromatic carbocycles. The molecule has 0 saturated heterocycles. The molecule has 0 aliphatic carbocycles. The topological polar surface area (TPSA) is 54.9 Å². The third-order valence-electron chi connectivity index (χ3n) is 2.59. The highest BCUT2D eigenvalue weighted by molar-refractivity contribution is 7.08. The summed E-state index contributed by atoms with van der Waals surface area (Å²) in [5.41, 5.74) is 2.47. The van der Waals surface area contributed by atoms with E-state index in [1.54, 1.807) is 0 Å². The number of hydrogen-bond acceptors (Lipinski definition) is 4. The van der Waals surface area contributed by atoms with E-state index in [9.17, 15) is 4.79 Å². The number of aryl methyl sites for hydroxylation is 1. The van der Waals surface area contributed by atoms with Crippen LogP contribution in [0.25, 0.3) is 0 Å². The standard InChI is InChI=1S/C13H14ClN3OS/c1-2-4-11-12(19-17-16-11)13(18)15-10-6-3-5-9(7-10)8-14/h3,5-7H,2,4,8H2,1H3,(H,15,18). The summed E-state index contributed by atoms with van der Waals surface area (Å²) in [6, 6.07) is 7.48. The van der Waals surface area contributed by atoms with Crippen LogP contribution in [-0.2, 0) is 12.3 Å². The maximum atomic E-state index is 12.2. The zero-order chi connectivity index (χ0) is 13.7. The Bertz CT molecular complexity index is 571. The summed E-state index contributed by atoms with van der Waals surface area (Å²) in [7, 11) is 0. The number of anilines is 1. The second-order valence-corrected chi connectivity index (χ2v) is 5.11. The fraction of sp³-hybridized carbons (Fsp3) is 0.308. The van der Waals surface area contributed by atoms with Crippen LogP contribution in [-0.4, -0.2) is 15.5 Å². The number of carbonyl (C=O) groups excluding carboxylic acids is 1. The Kier molecular flexibility index (Phi) is 4.87. The summed E-state index contributed by atoms with van der Waals surface area (Å²) in [4.78, 5) is 12.7. The Hall–Kier alpha value is -1.46. The van der Waals surface area contributed by atoms with Gasteiger partial charge in [0.1, 0.15) is 4.88 Å². The third-order valence-corrected chi connectivity index (χ3v) is 3.66. The molecule has 4 nitrogen and oxygen atoms in total. The molecule has 2 aromatic rings. The van der Waals surface area contributed by atoms with Gasteiger partial charge in [0.25, 0.3) is 5.91 Å². The molecule has 0 aliphatic rings. The van der Waals surface area contributed by atoms with E-state index in [0.717, 1.165) is 41.3 Å². The molecule has 0 spiro atoms. The van der Waals surface area contributed by atoms with Gasteiger partial charge in [-0.05, 0) is 35.6 Å². The average Bonchev–Trinajstić information content (AvgIpc) is 2.88. The summed E-state index contributed by atoms with van der Waals surface area (Å²) in [6.07, 6.45) is 1.70. The summed E-state index contributed by atoms with van der Waals surface area (Å²) in [6.45, 7) is 2.05. The number of halogens is 1.